The molecule has 0 bridgehead atoms. The van der Waals surface area contributed by atoms with E-state index in [1.54, 1.807) is 11.8 Å². The number of hydrogen-bond donors (Lipinski definition) is 0. The number of carbonyl (C=O) groups is 1. The van der Waals surface area contributed by atoms with Crippen molar-refractivity contribution in [2.75, 3.05) is 13.6 Å². The van der Waals surface area contributed by atoms with Gasteiger partial charge in [-0.1, -0.05) is 93.8 Å². The van der Waals surface area contributed by atoms with E-state index in [2.05, 4.69) is 74.2 Å². The maximum Gasteiger partial charge on any atom is 0.248 e. The van der Waals surface area contributed by atoms with Crippen LogP contribution in [0.1, 0.15) is 88.7 Å². The minimum Gasteiger partial charge on any atom is -0.342 e. The second-order valence-corrected chi connectivity index (χ2v) is 11.3. The number of aryl methyl sites for hydroxylation is 1. The molecule has 1 amide bonds. The number of rotatable bonds is 11. The molecule has 2 nitrogen and oxygen atoms in total. The van der Waals surface area contributed by atoms with Gasteiger partial charge in [0, 0.05) is 19.2 Å². The summed E-state index contributed by atoms with van der Waals surface area (Å²) in [5.41, 5.74) is 5.97. The number of hydrogen-bond acceptors (Lipinski definition) is 1. The van der Waals surface area contributed by atoms with Crippen LogP contribution in [0.15, 0.2) is 72.8 Å². The Morgan fingerprint density at radius 3 is 2.24 bits per heavy atom. The average molecular weight is 496 g/mol. The highest BCUT2D eigenvalue weighted by molar-refractivity contribution is 5.92. The Morgan fingerprint density at radius 2 is 1.54 bits per heavy atom. The van der Waals surface area contributed by atoms with E-state index in [0.29, 0.717) is 5.57 Å². The maximum atomic E-state index is 12.0. The molecule has 0 aromatic heterocycles. The van der Waals surface area contributed by atoms with Crippen LogP contribution in [0.2, 0.25) is 0 Å². The van der Waals surface area contributed by atoms with E-state index < -0.39 is 0 Å². The lowest BCUT2D eigenvalue weighted by atomic mass is 9.77. The lowest BCUT2D eigenvalue weighted by molar-refractivity contribution is -0.125. The van der Waals surface area contributed by atoms with Gasteiger partial charge in [0.05, 0.1) is 0 Å². The predicted molar refractivity (Wildman–Crippen MR) is 159 cm³/mol. The van der Waals surface area contributed by atoms with Crippen LogP contribution in [-0.4, -0.2) is 24.4 Å². The first-order valence-corrected chi connectivity index (χ1v) is 14.5. The first-order chi connectivity index (χ1) is 17.9. The fourth-order valence-corrected chi connectivity index (χ4v) is 5.98. The van der Waals surface area contributed by atoms with Crippen molar-refractivity contribution in [3.8, 4) is 11.1 Å². The third kappa shape index (κ3) is 7.34. The molecule has 0 radical (unpaired) electrons. The lowest BCUT2D eigenvalue weighted by Gasteiger charge is -2.29. The number of carbonyl (C=O) groups excluding carboxylic acids is 1. The van der Waals surface area contributed by atoms with Crippen LogP contribution in [0.5, 0.6) is 0 Å². The van der Waals surface area contributed by atoms with Crippen LogP contribution in [-0.2, 0) is 11.2 Å². The fraction of sp³-hybridized carbons (Fsp3) is 0.457. The lowest BCUT2D eigenvalue weighted by Crippen LogP contribution is -2.28. The summed E-state index contributed by atoms with van der Waals surface area (Å²) in [6, 6.07) is 23.0. The highest BCUT2D eigenvalue weighted by Crippen LogP contribution is 2.39. The molecule has 0 N–H and O–H groups in total. The molecule has 3 aromatic carbocycles. The van der Waals surface area contributed by atoms with Gasteiger partial charge in [-0.15, -0.1) is 0 Å². The molecule has 1 saturated carbocycles. The van der Waals surface area contributed by atoms with Crippen molar-refractivity contribution >= 4 is 16.7 Å². The first-order valence-electron chi connectivity index (χ1n) is 14.5. The SMILES string of the molecule is C=C(C)C(=O)N(C)CCCc1ccc(-c2ccc3cc(C4CCC(CCCCC)CC4)ccc3c2)cc1. The zero-order valence-corrected chi connectivity index (χ0v) is 23.3. The molecular weight excluding hydrogens is 450 g/mol. The minimum atomic E-state index is 0.0314. The van der Waals surface area contributed by atoms with Crippen molar-refractivity contribution in [3.05, 3.63) is 83.9 Å². The molecule has 37 heavy (non-hydrogen) atoms. The van der Waals surface area contributed by atoms with Gasteiger partial charge >= 0.3 is 0 Å². The van der Waals surface area contributed by atoms with Crippen LogP contribution < -0.4 is 0 Å². The van der Waals surface area contributed by atoms with E-state index in [-0.39, 0.29) is 5.91 Å². The Labute approximate surface area is 224 Å². The Morgan fingerprint density at radius 1 is 0.865 bits per heavy atom. The average Bonchev–Trinajstić information content (AvgIpc) is 2.93. The van der Waals surface area contributed by atoms with Crippen LogP contribution in [0, 0.1) is 5.92 Å². The number of benzene rings is 3. The van der Waals surface area contributed by atoms with Gasteiger partial charge in [-0.05, 0) is 96.4 Å². The number of fused-ring (bicyclic) bond motifs is 1. The highest BCUT2D eigenvalue weighted by atomic mass is 16.2. The zero-order valence-electron chi connectivity index (χ0n) is 23.3. The summed E-state index contributed by atoms with van der Waals surface area (Å²) >= 11 is 0. The minimum absolute atomic E-state index is 0.0314. The van der Waals surface area contributed by atoms with E-state index in [1.807, 2.05) is 7.05 Å². The third-order valence-electron chi connectivity index (χ3n) is 8.36. The van der Waals surface area contributed by atoms with Gasteiger partial charge in [0.15, 0.2) is 0 Å². The molecule has 196 valence electrons. The molecule has 1 aliphatic carbocycles. The summed E-state index contributed by atoms with van der Waals surface area (Å²) < 4.78 is 0. The van der Waals surface area contributed by atoms with E-state index >= 15 is 0 Å². The quantitative estimate of drug-likeness (QED) is 0.192. The molecule has 0 atom stereocenters. The van der Waals surface area contributed by atoms with Crippen molar-refractivity contribution < 1.29 is 4.79 Å². The van der Waals surface area contributed by atoms with Gasteiger partial charge in [-0.2, -0.15) is 0 Å². The van der Waals surface area contributed by atoms with Gasteiger partial charge in [0.25, 0.3) is 0 Å². The number of unbranched alkanes of at least 4 members (excludes halogenated alkanes) is 2. The fourth-order valence-electron chi connectivity index (χ4n) is 5.98. The maximum absolute atomic E-state index is 12.0. The Bertz CT molecular complexity index is 1180. The molecule has 0 saturated heterocycles. The number of nitrogens with zero attached hydrogens (tertiary/aromatic N) is 1. The Hall–Kier alpha value is -2.87. The molecule has 0 aliphatic heterocycles. The number of amides is 1. The smallest absolute Gasteiger partial charge is 0.248 e. The third-order valence-corrected chi connectivity index (χ3v) is 8.36. The van der Waals surface area contributed by atoms with Crippen molar-refractivity contribution in [3.63, 3.8) is 0 Å². The summed E-state index contributed by atoms with van der Waals surface area (Å²) in [6.45, 7) is 8.57. The highest BCUT2D eigenvalue weighted by Gasteiger charge is 2.22. The summed E-state index contributed by atoms with van der Waals surface area (Å²) in [5.74, 6) is 1.73. The zero-order chi connectivity index (χ0) is 26.2. The van der Waals surface area contributed by atoms with Crippen LogP contribution in [0.4, 0.5) is 0 Å². The molecule has 0 unspecified atom stereocenters. The van der Waals surface area contributed by atoms with E-state index in [9.17, 15) is 4.79 Å². The van der Waals surface area contributed by atoms with Gasteiger partial charge < -0.3 is 4.90 Å². The summed E-state index contributed by atoms with van der Waals surface area (Å²) in [7, 11) is 1.85. The largest absolute Gasteiger partial charge is 0.342 e. The van der Waals surface area contributed by atoms with Gasteiger partial charge in [0.2, 0.25) is 5.91 Å². The second kappa shape index (κ2) is 13.1. The number of likely N-dealkylation sites (N-methyl/N-ethyl adjacent to an activating group) is 1. The van der Waals surface area contributed by atoms with Crippen molar-refractivity contribution in [2.45, 2.75) is 84.0 Å². The normalized spacial score (nSPS) is 17.6. The Balaban J connectivity index is 1.33. The Kier molecular flexibility index (Phi) is 9.61. The molecule has 2 heteroatoms. The van der Waals surface area contributed by atoms with E-state index in [1.165, 1.54) is 84.4 Å². The van der Waals surface area contributed by atoms with Gasteiger partial charge in [-0.25, -0.2) is 0 Å². The summed E-state index contributed by atoms with van der Waals surface area (Å²) in [6.07, 6.45) is 13.0. The van der Waals surface area contributed by atoms with Crippen LogP contribution in [0.25, 0.3) is 21.9 Å². The van der Waals surface area contributed by atoms with E-state index in [4.69, 9.17) is 0 Å². The summed E-state index contributed by atoms with van der Waals surface area (Å²) in [5, 5.41) is 2.68. The van der Waals surface area contributed by atoms with Crippen LogP contribution >= 0.6 is 0 Å². The van der Waals surface area contributed by atoms with Gasteiger partial charge in [0.1, 0.15) is 0 Å². The standard InChI is InChI=1S/C35H45NO/c1-5-6-7-9-27-11-15-29(16-12-27)31-19-21-34-25-32(20-22-33(34)24-31)30-17-13-28(14-18-30)10-8-23-36(4)35(37)26(2)3/h13-14,17-22,24-25,27,29H,2,5-12,15-16,23H2,1,3-4H3. The molecule has 3 aromatic rings. The summed E-state index contributed by atoms with van der Waals surface area (Å²) in [4.78, 5) is 13.7. The van der Waals surface area contributed by atoms with Crippen molar-refractivity contribution in [1.82, 2.24) is 4.90 Å². The van der Waals surface area contributed by atoms with Crippen LogP contribution in [0.3, 0.4) is 0 Å². The molecule has 4 rings (SSSR count). The molecule has 0 heterocycles. The molecule has 1 aliphatic rings. The molecule has 1 fully saturated rings. The monoisotopic (exact) mass is 495 g/mol. The van der Waals surface area contributed by atoms with E-state index in [0.717, 1.165) is 31.2 Å². The molecule has 0 spiro atoms. The van der Waals surface area contributed by atoms with Crippen molar-refractivity contribution in [2.24, 2.45) is 5.92 Å². The molecular formula is C35H45NO. The van der Waals surface area contributed by atoms with Crippen molar-refractivity contribution in [1.29, 1.82) is 0 Å². The van der Waals surface area contributed by atoms with Gasteiger partial charge in [-0.3, -0.25) is 4.79 Å². The predicted octanol–water partition coefficient (Wildman–Crippen LogP) is 9.33. The second-order valence-electron chi connectivity index (χ2n) is 11.3. The topological polar surface area (TPSA) is 20.3 Å². The first kappa shape index (κ1) is 27.2.